The van der Waals surface area contributed by atoms with Gasteiger partial charge in [0, 0.05) is 0 Å². The molecule has 0 heterocycles. The maximum Gasteiger partial charge on any atom is 0.178 e. The summed E-state index contributed by atoms with van der Waals surface area (Å²) in [6.45, 7) is 4.88. The van der Waals surface area contributed by atoms with Gasteiger partial charge in [-0.1, -0.05) is 19.9 Å². The molecule has 3 heteroatoms. The Morgan fingerprint density at radius 3 is 2.69 bits per heavy atom. The van der Waals surface area contributed by atoms with Crippen molar-refractivity contribution in [3.8, 4) is 17.6 Å². The molecule has 86 valence electrons. The molecule has 1 aromatic rings. The van der Waals surface area contributed by atoms with Crippen LogP contribution in [0.15, 0.2) is 18.2 Å². The van der Waals surface area contributed by atoms with Gasteiger partial charge in [0.2, 0.25) is 0 Å². The summed E-state index contributed by atoms with van der Waals surface area (Å²) in [5.74, 6) is 1.75. The summed E-state index contributed by atoms with van der Waals surface area (Å²) < 4.78 is 10.8. The predicted octanol–water partition coefficient (Wildman–Crippen LogP) is 2.99. The lowest BCUT2D eigenvalue weighted by Gasteiger charge is -2.12. The van der Waals surface area contributed by atoms with Crippen molar-refractivity contribution in [3.05, 3.63) is 23.8 Å². The monoisotopic (exact) mass is 219 g/mol. The van der Waals surface area contributed by atoms with Crippen molar-refractivity contribution in [2.75, 3.05) is 13.7 Å². The van der Waals surface area contributed by atoms with Crippen LogP contribution in [0.25, 0.3) is 0 Å². The average Bonchev–Trinajstić information content (AvgIpc) is 2.28. The molecule has 0 aliphatic carbocycles. The molecule has 0 radical (unpaired) electrons. The number of nitrogens with zero attached hydrogens (tertiary/aromatic N) is 1. The van der Waals surface area contributed by atoms with E-state index in [4.69, 9.17) is 14.7 Å². The van der Waals surface area contributed by atoms with Crippen LogP contribution in [0.2, 0.25) is 0 Å². The molecule has 0 atom stereocenters. The van der Waals surface area contributed by atoms with Crippen LogP contribution in [0.5, 0.6) is 11.5 Å². The molecule has 1 aromatic carbocycles. The fourth-order valence-corrected chi connectivity index (χ4v) is 1.31. The Kier molecular flexibility index (Phi) is 4.65. The van der Waals surface area contributed by atoms with Gasteiger partial charge in [-0.2, -0.15) is 5.26 Å². The number of nitriles is 1. The predicted molar refractivity (Wildman–Crippen MR) is 62.7 cm³/mol. The Balaban J connectivity index is 2.80. The zero-order valence-corrected chi connectivity index (χ0v) is 9.99. The van der Waals surface area contributed by atoms with Crippen LogP contribution in [0.4, 0.5) is 0 Å². The van der Waals surface area contributed by atoms with Crippen LogP contribution in [0, 0.1) is 17.2 Å². The molecule has 1 rings (SSSR count). The average molecular weight is 219 g/mol. The van der Waals surface area contributed by atoms with Crippen molar-refractivity contribution in [2.45, 2.75) is 20.3 Å². The van der Waals surface area contributed by atoms with E-state index in [1.807, 2.05) is 0 Å². The SMILES string of the molecule is COc1cccc(C#N)c1OCCC(C)C. The van der Waals surface area contributed by atoms with Gasteiger partial charge < -0.3 is 9.47 Å². The molecule has 0 aliphatic heterocycles. The third-order valence-electron chi connectivity index (χ3n) is 2.26. The third-order valence-corrected chi connectivity index (χ3v) is 2.26. The van der Waals surface area contributed by atoms with E-state index in [-0.39, 0.29) is 0 Å². The minimum absolute atomic E-state index is 0.517. The van der Waals surface area contributed by atoms with Crippen molar-refractivity contribution in [3.63, 3.8) is 0 Å². The highest BCUT2D eigenvalue weighted by molar-refractivity contribution is 5.52. The number of methoxy groups -OCH3 is 1. The lowest BCUT2D eigenvalue weighted by atomic mass is 10.1. The molecule has 3 nitrogen and oxygen atoms in total. The van der Waals surface area contributed by atoms with E-state index in [9.17, 15) is 0 Å². The van der Waals surface area contributed by atoms with Crippen molar-refractivity contribution in [1.29, 1.82) is 5.26 Å². The Morgan fingerprint density at radius 1 is 1.38 bits per heavy atom. The van der Waals surface area contributed by atoms with E-state index in [0.717, 1.165) is 6.42 Å². The molecule has 16 heavy (non-hydrogen) atoms. The molecular formula is C13H17NO2. The molecule has 0 aromatic heterocycles. The van der Waals surface area contributed by atoms with Gasteiger partial charge in [0.25, 0.3) is 0 Å². The molecular weight excluding hydrogens is 202 g/mol. The molecule has 0 saturated heterocycles. The van der Waals surface area contributed by atoms with Gasteiger partial charge in [-0.3, -0.25) is 0 Å². The standard InChI is InChI=1S/C13H17NO2/c1-10(2)7-8-16-13-11(9-14)5-4-6-12(13)15-3/h4-6,10H,7-8H2,1-3H3. The van der Waals surface area contributed by atoms with Gasteiger partial charge in [-0.05, 0) is 24.5 Å². The summed E-state index contributed by atoms with van der Waals surface area (Å²) in [6, 6.07) is 7.41. The minimum atomic E-state index is 0.517. The van der Waals surface area contributed by atoms with Gasteiger partial charge in [-0.15, -0.1) is 0 Å². The van der Waals surface area contributed by atoms with E-state index < -0.39 is 0 Å². The van der Waals surface area contributed by atoms with Gasteiger partial charge in [0.15, 0.2) is 11.5 Å². The second-order valence-corrected chi connectivity index (χ2v) is 3.98. The lowest BCUT2D eigenvalue weighted by molar-refractivity contribution is 0.272. The van der Waals surface area contributed by atoms with Gasteiger partial charge >= 0.3 is 0 Å². The molecule has 0 unspecified atom stereocenters. The third kappa shape index (κ3) is 3.16. The van der Waals surface area contributed by atoms with Gasteiger partial charge in [0.1, 0.15) is 6.07 Å². The van der Waals surface area contributed by atoms with Crippen molar-refractivity contribution < 1.29 is 9.47 Å². The van der Waals surface area contributed by atoms with E-state index in [0.29, 0.717) is 29.6 Å². The fraction of sp³-hybridized carbons (Fsp3) is 0.462. The van der Waals surface area contributed by atoms with Gasteiger partial charge in [0.05, 0.1) is 19.3 Å². The largest absolute Gasteiger partial charge is 0.493 e. The van der Waals surface area contributed by atoms with Crippen LogP contribution >= 0.6 is 0 Å². The molecule has 0 saturated carbocycles. The highest BCUT2D eigenvalue weighted by atomic mass is 16.5. The van der Waals surface area contributed by atoms with Crippen LogP contribution in [0.1, 0.15) is 25.8 Å². The summed E-state index contributed by atoms with van der Waals surface area (Å²) in [4.78, 5) is 0. The highest BCUT2D eigenvalue weighted by Crippen LogP contribution is 2.30. The number of benzene rings is 1. The maximum absolute atomic E-state index is 8.96. The molecule has 0 bridgehead atoms. The van der Waals surface area contributed by atoms with E-state index >= 15 is 0 Å². The van der Waals surface area contributed by atoms with Crippen molar-refractivity contribution in [1.82, 2.24) is 0 Å². The number of ether oxygens (including phenoxy) is 2. The molecule has 0 spiro atoms. The van der Waals surface area contributed by atoms with Gasteiger partial charge in [-0.25, -0.2) is 0 Å². The lowest BCUT2D eigenvalue weighted by Crippen LogP contribution is -2.04. The number of para-hydroxylation sites is 1. The second kappa shape index (κ2) is 6.02. The minimum Gasteiger partial charge on any atom is -0.493 e. The van der Waals surface area contributed by atoms with Crippen LogP contribution in [-0.2, 0) is 0 Å². The first-order valence-electron chi connectivity index (χ1n) is 5.39. The Hall–Kier alpha value is -1.69. The molecule has 0 fully saturated rings. The summed E-state index contributed by atoms with van der Waals surface area (Å²) in [6.07, 6.45) is 0.961. The van der Waals surface area contributed by atoms with Crippen LogP contribution < -0.4 is 9.47 Å². The smallest absolute Gasteiger partial charge is 0.178 e. The van der Waals surface area contributed by atoms with E-state index in [2.05, 4.69) is 19.9 Å². The van der Waals surface area contributed by atoms with E-state index in [1.165, 1.54) is 0 Å². The zero-order chi connectivity index (χ0) is 12.0. The number of rotatable bonds is 5. The summed E-state index contributed by atoms with van der Waals surface area (Å²) >= 11 is 0. The fourth-order valence-electron chi connectivity index (χ4n) is 1.31. The summed E-state index contributed by atoms with van der Waals surface area (Å²) in [5.41, 5.74) is 0.517. The first-order chi connectivity index (χ1) is 7.69. The Morgan fingerprint density at radius 2 is 2.12 bits per heavy atom. The Labute approximate surface area is 96.6 Å². The molecule has 0 aliphatic rings. The number of hydrogen-bond acceptors (Lipinski definition) is 3. The second-order valence-electron chi connectivity index (χ2n) is 3.98. The van der Waals surface area contributed by atoms with Crippen molar-refractivity contribution in [2.24, 2.45) is 5.92 Å². The zero-order valence-electron chi connectivity index (χ0n) is 9.99. The quantitative estimate of drug-likeness (QED) is 0.764. The first-order valence-corrected chi connectivity index (χ1v) is 5.39. The van der Waals surface area contributed by atoms with Crippen molar-refractivity contribution >= 4 is 0 Å². The topological polar surface area (TPSA) is 42.2 Å². The first kappa shape index (κ1) is 12.4. The summed E-state index contributed by atoms with van der Waals surface area (Å²) in [5, 5.41) is 8.96. The van der Waals surface area contributed by atoms with E-state index in [1.54, 1.807) is 25.3 Å². The molecule has 0 amide bonds. The maximum atomic E-state index is 8.96. The number of hydrogen-bond donors (Lipinski definition) is 0. The normalized spacial score (nSPS) is 9.94. The van der Waals surface area contributed by atoms with Crippen LogP contribution in [-0.4, -0.2) is 13.7 Å². The van der Waals surface area contributed by atoms with Crippen LogP contribution in [0.3, 0.4) is 0 Å². The Bertz CT molecular complexity index is 380. The molecule has 0 N–H and O–H groups in total. The highest BCUT2D eigenvalue weighted by Gasteiger charge is 2.10. The summed E-state index contributed by atoms with van der Waals surface area (Å²) in [7, 11) is 1.58.